The quantitative estimate of drug-likeness (QED) is 0.186. The Morgan fingerprint density at radius 3 is 2.67 bits per heavy atom. The van der Waals surface area contributed by atoms with Crippen molar-refractivity contribution in [2.24, 2.45) is 4.99 Å². The molecule has 0 aliphatic carbocycles. The zero-order valence-electron chi connectivity index (χ0n) is 24.7. The number of aldehydes is 1. The zero-order chi connectivity index (χ0) is 28.9. The number of nitrogens with zero attached hydrogens (tertiary/aromatic N) is 5. The molecule has 0 spiro atoms. The van der Waals surface area contributed by atoms with E-state index in [1.807, 2.05) is 37.4 Å². The molecule has 8 nitrogen and oxygen atoms in total. The Morgan fingerprint density at radius 2 is 1.88 bits per heavy atom. The summed E-state index contributed by atoms with van der Waals surface area (Å²) in [5.74, 6) is 0.947. The molecule has 2 aliphatic heterocycles. The molecule has 1 N–H and O–H groups in total. The molecule has 4 aromatic rings. The van der Waals surface area contributed by atoms with Crippen molar-refractivity contribution in [3.8, 4) is 11.4 Å². The minimum Gasteiger partial charge on any atom is -0.386 e. The lowest BCUT2D eigenvalue weighted by molar-refractivity contribution is -0.102. The summed E-state index contributed by atoms with van der Waals surface area (Å²) in [6.07, 6.45) is 6.31. The van der Waals surface area contributed by atoms with E-state index in [4.69, 9.17) is 14.7 Å². The van der Waals surface area contributed by atoms with Gasteiger partial charge >= 0.3 is 0 Å². The fourth-order valence-electron chi connectivity index (χ4n) is 6.18. The molecule has 0 radical (unpaired) electrons. The number of ether oxygens (including phenoxy) is 1. The normalized spacial score (nSPS) is 16.0. The molecule has 42 heavy (non-hydrogen) atoms. The number of rotatable bonds is 10. The molecule has 0 atom stereocenters. The summed E-state index contributed by atoms with van der Waals surface area (Å²) in [7, 11) is 3.94. The van der Waals surface area contributed by atoms with E-state index in [9.17, 15) is 4.79 Å². The molecule has 1 aromatic heterocycles. The zero-order valence-corrected chi connectivity index (χ0v) is 24.7. The molecule has 3 aromatic carbocycles. The average Bonchev–Trinajstić information content (AvgIpc) is 3.38. The number of nitrogens with one attached hydrogen (secondary N) is 1. The van der Waals surface area contributed by atoms with E-state index in [0.717, 1.165) is 65.2 Å². The van der Waals surface area contributed by atoms with Crippen LogP contribution < -0.4 is 10.2 Å². The van der Waals surface area contributed by atoms with Crippen LogP contribution in [0.3, 0.4) is 0 Å². The maximum Gasteiger partial charge on any atom is 0.164 e. The van der Waals surface area contributed by atoms with Crippen molar-refractivity contribution in [2.75, 3.05) is 50.7 Å². The number of aryl methyl sites for hydroxylation is 1. The molecule has 3 heterocycles. The van der Waals surface area contributed by atoms with Gasteiger partial charge in [0.05, 0.1) is 34.7 Å². The van der Waals surface area contributed by atoms with Gasteiger partial charge in [-0.05, 0) is 74.8 Å². The standard InChI is InChI=1S/C34H40N6O2/c1-35-29-20-31-33(21-30(29)36-28(22-41)18-25-10-5-3-6-11-25)40(17-9-16-39-14-7-4-8-15-39)34(37-31)26-12-13-32-27(19-26)23-42-24-38(32)2/h3,5-6,10-13,19-22,35H,4,7-9,14-18,23-24H2,1-2H3. The van der Waals surface area contributed by atoms with Crippen LogP contribution >= 0.6 is 0 Å². The van der Waals surface area contributed by atoms with Gasteiger partial charge in [0.2, 0.25) is 0 Å². The summed E-state index contributed by atoms with van der Waals surface area (Å²) in [4.78, 5) is 26.8. The maximum absolute atomic E-state index is 12.1. The van der Waals surface area contributed by atoms with Gasteiger partial charge in [-0.3, -0.25) is 4.79 Å². The Hall–Kier alpha value is -4.01. The number of aliphatic imine (C=N–C) groups is 1. The number of hydrogen-bond donors (Lipinski definition) is 1. The molecule has 218 valence electrons. The van der Waals surface area contributed by atoms with E-state index >= 15 is 0 Å². The Morgan fingerprint density at radius 1 is 1.05 bits per heavy atom. The summed E-state index contributed by atoms with van der Waals surface area (Å²) >= 11 is 0. The SMILES string of the molecule is CNc1cc2nc(-c3ccc4c(c3)COCN4C)n(CCCN3CCCCC3)c2cc1N=C(C=O)Cc1ccccc1. The number of aromatic nitrogens is 2. The lowest BCUT2D eigenvalue weighted by Gasteiger charge is -2.28. The van der Waals surface area contributed by atoms with E-state index in [0.29, 0.717) is 25.5 Å². The molecule has 0 unspecified atom stereocenters. The predicted octanol–water partition coefficient (Wildman–Crippen LogP) is 6.06. The highest BCUT2D eigenvalue weighted by atomic mass is 16.5. The van der Waals surface area contributed by atoms with Crippen molar-refractivity contribution >= 4 is 40.1 Å². The van der Waals surface area contributed by atoms with Crippen LogP contribution in [0, 0.1) is 0 Å². The topological polar surface area (TPSA) is 75.0 Å². The fourth-order valence-corrected chi connectivity index (χ4v) is 6.18. The molecule has 0 amide bonds. The van der Waals surface area contributed by atoms with Gasteiger partial charge < -0.3 is 24.4 Å². The van der Waals surface area contributed by atoms with Gasteiger partial charge in [-0.1, -0.05) is 36.8 Å². The lowest BCUT2D eigenvalue weighted by atomic mass is 10.1. The van der Waals surface area contributed by atoms with Crippen LogP contribution in [0.4, 0.5) is 17.1 Å². The van der Waals surface area contributed by atoms with Crippen LogP contribution in [0.2, 0.25) is 0 Å². The Kier molecular flexibility index (Phi) is 8.63. The van der Waals surface area contributed by atoms with E-state index in [-0.39, 0.29) is 0 Å². The molecule has 1 saturated heterocycles. The summed E-state index contributed by atoms with van der Waals surface area (Å²) < 4.78 is 8.14. The van der Waals surface area contributed by atoms with E-state index in [1.165, 1.54) is 43.6 Å². The second-order valence-corrected chi connectivity index (χ2v) is 11.4. The molecule has 0 bridgehead atoms. The number of carbonyl (C=O) groups is 1. The van der Waals surface area contributed by atoms with Gasteiger partial charge in [0.15, 0.2) is 6.29 Å². The first-order valence-electron chi connectivity index (χ1n) is 15.1. The monoisotopic (exact) mass is 564 g/mol. The maximum atomic E-state index is 12.1. The summed E-state index contributed by atoms with van der Waals surface area (Å²) in [5, 5.41) is 3.28. The number of anilines is 2. The van der Waals surface area contributed by atoms with Crippen molar-refractivity contribution in [2.45, 2.75) is 45.3 Å². The molecule has 6 rings (SSSR count). The van der Waals surface area contributed by atoms with Gasteiger partial charge in [-0.25, -0.2) is 9.98 Å². The minimum absolute atomic E-state index is 0.484. The summed E-state index contributed by atoms with van der Waals surface area (Å²) in [5.41, 5.74) is 8.53. The van der Waals surface area contributed by atoms with E-state index in [2.05, 4.69) is 57.1 Å². The highest BCUT2D eigenvalue weighted by Gasteiger charge is 2.20. The number of benzene rings is 3. The van der Waals surface area contributed by atoms with Crippen LogP contribution in [0.15, 0.2) is 65.7 Å². The second kappa shape index (κ2) is 12.9. The molecule has 8 heteroatoms. The molecule has 0 saturated carbocycles. The predicted molar refractivity (Wildman–Crippen MR) is 171 cm³/mol. The number of fused-ring (bicyclic) bond motifs is 2. The van der Waals surface area contributed by atoms with Crippen molar-refractivity contribution in [1.29, 1.82) is 0 Å². The van der Waals surface area contributed by atoms with Crippen LogP contribution in [-0.2, 0) is 29.1 Å². The number of hydrogen-bond acceptors (Lipinski definition) is 7. The number of carbonyl (C=O) groups excluding carboxylic acids is 1. The molecule has 1 fully saturated rings. The summed E-state index contributed by atoms with van der Waals surface area (Å²) in [6, 6.07) is 20.7. The van der Waals surface area contributed by atoms with Crippen molar-refractivity contribution < 1.29 is 9.53 Å². The highest BCUT2D eigenvalue weighted by molar-refractivity contribution is 6.29. The first kappa shape index (κ1) is 28.1. The van der Waals surface area contributed by atoms with Gasteiger partial charge in [0.25, 0.3) is 0 Å². The fraction of sp³-hybridized carbons (Fsp3) is 0.382. The third-order valence-corrected chi connectivity index (χ3v) is 8.36. The van der Waals surface area contributed by atoms with Crippen LogP contribution in [-0.4, -0.2) is 66.9 Å². The summed E-state index contributed by atoms with van der Waals surface area (Å²) in [6.45, 7) is 5.51. The van der Waals surface area contributed by atoms with Gasteiger partial charge in [-0.15, -0.1) is 0 Å². The van der Waals surface area contributed by atoms with Gasteiger partial charge in [0, 0.05) is 43.9 Å². The van der Waals surface area contributed by atoms with Crippen molar-refractivity contribution in [1.82, 2.24) is 14.5 Å². The first-order valence-corrected chi connectivity index (χ1v) is 15.1. The molecular weight excluding hydrogens is 524 g/mol. The van der Waals surface area contributed by atoms with E-state index in [1.54, 1.807) is 0 Å². The van der Waals surface area contributed by atoms with Crippen LogP contribution in [0.1, 0.15) is 36.8 Å². The Bertz CT molecular complexity index is 1570. The third-order valence-electron chi connectivity index (χ3n) is 8.36. The van der Waals surface area contributed by atoms with E-state index < -0.39 is 0 Å². The van der Waals surface area contributed by atoms with Crippen LogP contribution in [0.25, 0.3) is 22.4 Å². The van der Waals surface area contributed by atoms with Crippen molar-refractivity contribution in [3.63, 3.8) is 0 Å². The lowest BCUT2D eigenvalue weighted by Crippen LogP contribution is -2.31. The second-order valence-electron chi connectivity index (χ2n) is 11.4. The molecule has 2 aliphatic rings. The van der Waals surface area contributed by atoms with Gasteiger partial charge in [0.1, 0.15) is 12.6 Å². The Labute approximate surface area is 248 Å². The van der Waals surface area contributed by atoms with Gasteiger partial charge in [-0.2, -0.15) is 0 Å². The first-order chi connectivity index (χ1) is 20.6. The Balaban J connectivity index is 1.40. The number of likely N-dealkylation sites (tertiary alicyclic amines) is 1. The third kappa shape index (κ3) is 6.10. The van der Waals surface area contributed by atoms with Crippen LogP contribution in [0.5, 0.6) is 0 Å². The highest BCUT2D eigenvalue weighted by Crippen LogP contribution is 2.36. The largest absolute Gasteiger partial charge is 0.386 e. The van der Waals surface area contributed by atoms with Crippen molar-refractivity contribution in [3.05, 3.63) is 71.8 Å². The number of imidazole rings is 1. The molecular formula is C34H40N6O2. The number of piperidine rings is 1. The smallest absolute Gasteiger partial charge is 0.164 e. The minimum atomic E-state index is 0.484. The average molecular weight is 565 g/mol.